The molecule has 0 radical (unpaired) electrons. The molecule has 282 valence electrons. The summed E-state index contributed by atoms with van der Waals surface area (Å²) in [6.45, 7) is 26.3. The Hall–Kier alpha value is -1.96. The van der Waals surface area contributed by atoms with Gasteiger partial charge in [0.2, 0.25) is 5.91 Å². The molecule has 1 N–H and O–H groups in total. The molecule has 1 aliphatic heterocycles. The minimum atomic E-state index is 0.161. The second-order valence-electron chi connectivity index (χ2n) is 13.2. The summed E-state index contributed by atoms with van der Waals surface area (Å²) >= 11 is 0. The Morgan fingerprint density at radius 1 is 0.854 bits per heavy atom. The highest BCUT2D eigenvalue weighted by Gasteiger charge is 2.33. The number of aryl methyl sites for hydroxylation is 1. The Labute approximate surface area is 299 Å². The van der Waals surface area contributed by atoms with Crippen LogP contribution >= 0.6 is 0 Å². The van der Waals surface area contributed by atoms with E-state index in [1.165, 1.54) is 75.0 Å². The highest BCUT2D eigenvalue weighted by molar-refractivity contribution is 5.73. The van der Waals surface area contributed by atoms with Crippen molar-refractivity contribution >= 4 is 17.9 Å². The van der Waals surface area contributed by atoms with Crippen molar-refractivity contribution in [3.63, 3.8) is 0 Å². The molecular formula is C41H81N5O2. The Morgan fingerprint density at radius 3 is 2.02 bits per heavy atom. The molecule has 0 saturated carbocycles. The van der Waals surface area contributed by atoms with E-state index in [0.717, 1.165) is 64.6 Å². The lowest BCUT2D eigenvalue weighted by Crippen LogP contribution is -2.37. The zero-order valence-corrected chi connectivity index (χ0v) is 34.0. The van der Waals surface area contributed by atoms with E-state index in [0.29, 0.717) is 18.5 Å². The molecular weight excluding hydrogens is 594 g/mol. The van der Waals surface area contributed by atoms with Crippen molar-refractivity contribution < 1.29 is 9.59 Å². The minimum Gasteiger partial charge on any atom is -0.385 e. The van der Waals surface area contributed by atoms with Gasteiger partial charge in [-0.3, -0.25) is 9.69 Å². The third-order valence-corrected chi connectivity index (χ3v) is 8.90. The highest BCUT2D eigenvalue weighted by Crippen LogP contribution is 2.34. The van der Waals surface area contributed by atoms with Gasteiger partial charge in [0.1, 0.15) is 6.29 Å². The van der Waals surface area contributed by atoms with Crippen LogP contribution in [0.3, 0.4) is 0 Å². The Morgan fingerprint density at radius 2 is 1.46 bits per heavy atom. The van der Waals surface area contributed by atoms with Crippen molar-refractivity contribution in [3.05, 3.63) is 29.3 Å². The predicted molar refractivity (Wildman–Crippen MR) is 213 cm³/mol. The average Bonchev–Trinajstić information content (AvgIpc) is 3.49. The molecule has 1 saturated heterocycles. The molecule has 1 aromatic rings. The third kappa shape index (κ3) is 22.6. The first-order chi connectivity index (χ1) is 23.2. The van der Waals surface area contributed by atoms with Gasteiger partial charge in [-0.2, -0.15) is 0 Å². The molecule has 7 nitrogen and oxygen atoms in total. The van der Waals surface area contributed by atoms with Crippen LogP contribution in [-0.2, 0) is 9.59 Å². The van der Waals surface area contributed by atoms with E-state index in [1.807, 2.05) is 32.6 Å². The van der Waals surface area contributed by atoms with Crippen LogP contribution in [0.25, 0.3) is 0 Å². The molecule has 1 heterocycles. The van der Waals surface area contributed by atoms with E-state index in [9.17, 15) is 9.59 Å². The van der Waals surface area contributed by atoms with Gasteiger partial charge in [-0.05, 0) is 116 Å². The maximum atomic E-state index is 12.0. The predicted octanol–water partition coefficient (Wildman–Crippen LogP) is 9.11. The van der Waals surface area contributed by atoms with Gasteiger partial charge in [-0.25, -0.2) is 0 Å². The van der Waals surface area contributed by atoms with Crippen LogP contribution < -0.4 is 5.32 Å². The normalized spacial score (nSPS) is 15.5. The fraction of sp³-hybridized carbons (Fsp3) is 0.805. The summed E-state index contributed by atoms with van der Waals surface area (Å²) in [5, 5.41) is 3.54. The molecule has 1 amide bonds. The topological polar surface area (TPSA) is 59.1 Å². The van der Waals surface area contributed by atoms with Crippen molar-refractivity contribution in [2.45, 2.75) is 145 Å². The van der Waals surface area contributed by atoms with Gasteiger partial charge < -0.3 is 24.8 Å². The van der Waals surface area contributed by atoms with Crippen LogP contribution in [0.5, 0.6) is 0 Å². The quantitative estimate of drug-likeness (QED) is 0.0978. The second-order valence-corrected chi connectivity index (χ2v) is 13.2. The summed E-state index contributed by atoms with van der Waals surface area (Å²) in [6.07, 6.45) is 14.1. The Bertz CT molecular complexity index is 894. The molecule has 7 heteroatoms. The largest absolute Gasteiger partial charge is 0.385 e. The molecule has 0 bridgehead atoms. The summed E-state index contributed by atoms with van der Waals surface area (Å²) < 4.78 is 0. The monoisotopic (exact) mass is 676 g/mol. The number of nitrogens with zero attached hydrogens (tertiary/aromatic N) is 4. The van der Waals surface area contributed by atoms with Gasteiger partial charge in [0, 0.05) is 44.8 Å². The van der Waals surface area contributed by atoms with Gasteiger partial charge in [-0.1, -0.05) is 86.3 Å². The molecule has 2 atom stereocenters. The number of carbonyl (C=O) groups excluding carboxylic acids is 2. The fourth-order valence-electron chi connectivity index (χ4n) is 6.02. The smallest absolute Gasteiger partial charge is 0.219 e. The van der Waals surface area contributed by atoms with E-state index in [2.05, 4.69) is 87.1 Å². The van der Waals surface area contributed by atoms with Crippen molar-refractivity contribution in [1.82, 2.24) is 19.6 Å². The number of anilines is 1. The maximum absolute atomic E-state index is 12.0. The lowest BCUT2D eigenvalue weighted by Gasteiger charge is -2.26. The summed E-state index contributed by atoms with van der Waals surface area (Å²) in [6, 6.07) is 7.13. The number of unbranched alkanes of at least 4 members (excludes halogenated alkanes) is 5. The SMILES string of the molecule is CC.CC.CCCCCN(CCC1CC(c2ccc(NCCCC)c(C)c2)CN1CC=O)C(C)=O.CCCCN(C)CCCCN(C)C. The number of hydrogen-bond acceptors (Lipinski definition) is 6. The first-order valence-electron chi connectivity index (χ1n) is 19.8. The maximum Gasteiger partial charge on any atom is 0.219 e. The lowest BCUT2D eigenvalue weighted by atomic mass is 9.93. The van der Waals surface area contributed by atoms with Crippen LogP contribution in [0.1, 0.15) is 143 Å². The van der Waals surface area contributed by atoms with Crippen LogP contribution in [0.4, 0.5) is 5.69 Å². The molecule has 48 heavy (non-hydrogen) atoms. The highest BCUT2D eigenvalue weighted by atomic mass is 16.2. The number of carbonyl (C=O) groups is 2. The van der Waals surface area contributed by atoms with Gasteiger partial charge in [0.05, 0.1) is 6.54 Å². The number of rotatable bonds is 22. The zero-order chi connectivity index (χ0) is 36.7. The van der Waals surface area contributed by atoms with Gasteiger partial charge in [0.15, 0.2) is 0 Å². The van der Waals surface area contributed by atoms with Crippen molar-refractivity contribution in [2.24, 2.45) is 0 Å². The van der Waals surface area contributed by atoms with E-state index >= 15 is 0 Å². The second kappa shape index (κ2) is 32.3. The van der Waals surface area contributed by atoms with Gasteiger partial charge >= 0.3 is 0 Å². The van der Waals surface area contributed by atoms with Gasteiger partial charge in [0.25, 0.3) is 0 Å². The first kappa shape index (κ1) is 48.2. The fourth-order valence-corrected chi connectivity index (χ4v) is 6.02. The molecule has 2 rings (SSSR count). The van der Waals surface area contributed by atoms with E-state index in [4.69, 9.17) is 0 Å². The van der Waals surface area contributed by atoms with Crippen molar-refractivity contribution in [1.29, 1.82) is 0 Å². The summed E-state index contributed by atoms with van der Waals surface area (Å²) in [4.78, 5) is 32.3. The van der Waals surface area contributed by atoms with Crippen molar-refractivity contribution in [3.8, 4) is 0 Å². The minimum absolute atomic E-state index is 0.161. The molecule has 0 spiro atoms. The average molecular weight is 676 g/mol. The Kier molecular flexibility index (Phi) is 32.4. The lowest BCUT2D eigenvalue weighted by molar-refractivity contribution is -0.129. The number of aldehydes is 1. The van der Waals surface area contributed by atoms with Crippen LogP contribution in [-0.4, -0.2) is 111 Å². The van der Waals surface area contributed by atoms with E-state index in [-0.39, 0.29) is 5.91 Å². The molecule has 1 fully saturated rings. The van der Waals surface area contributed by atoms with Crippen LogP contribution in [0.2, 0.25) is 0 Å². The van der Waals surface area contributed by atoms with Crippen molar-refractivity contribution in [2.75, 3.05) is 78.8 Å². The van der Waals surface area contributed by atoms with E-state index in [1.54, 1.807) is 6.92 Å². The number of benzene rings is 1. The first-order valence-corrected chi connectivity index (χ1v) is 19.8. The number of likely N-dealkylation sites (tertiary alicyclic amines) is 1. The summed E-state index contributed by atoms with van der Waals surface area (Å²) in [5.41, 5.74) is 3.88. The zero-order valence-electron chi connectivity index (χ0n) is 34.0. The molecule has 1 aromatic carbocycles. The molecule has 2 unspecified atom stereocenters. The third-order valence-electron chi connectivity index (χ3n) is 8.90. The van der Waals surface area contributed by atoms with Gasteiger partial charge in [-0.15, -0.1) is 0 Å². The molecule has 0 aromatic heterocycles. The number of hydrogen-bond donors (Lipinski definition) is 1. The van der Waals surface area contributed by atoms with E-state index < -0.39 is 0 Å². The standard InChI is InChI=1S/C26H43N3O2.C11H26N2.2C2H6/c1-5-7-9-14-28(22(4)31)15-12-25-19-24(20-29(25)16-17-30)23-10-11-26(21(3)18-23)27-13-8-6-2;1-5-6-10-13(4)11-8-7-9-12(2)3;2*1-2/h10-11,17-18,24-25,27H,5-9,12-16,19-20H2,1-4H3;5-11H2,1-4H3;2*1-2H3. The summed E-state index contributed by atoms with van der Waals surface area (Å²) in [5.74, 6) is 0.605. The molecule has 0 aliphatic carbocycles. The summed E-state index contributed by atoms with van der Waals surface area (Å²) in [7, 11) is 6.51. The number of nitrogens with one attached hydrogen (secondary N) is 1. The molecule has 1 aliphatic rings. The Balaban J connectivity index is 0. The number of amides is 1. The van der Waals surface area contributed by atoms with Crippen LogP contribution in [0, 0.1) is 6.92 Å². The van der Waals surface area contributed by atoms with Crippen LogP contribution in [0.15, 0.2) is 18.2 Å².